The molecule has 1 rings (SSSR count). The van der Waals surface area contributed by atoms with Crippen molar-refractivity contribution in [3.63, 3.8) is 0 Å². The maximum absolute atomic E-state index is 10.7. The van der Waals surface area contributed by atoms with Crippen LogP contribution in [0.15, 0.2) is 18.2 Å². The number of carboxylic acid groups (broad SMARTS) is 1. The van der Waals surface area contributed by atoms with Gasteiger partial charge in [0.2, 0.25) is 0 Å². The summed E-state index contributed by atoms with van der Waals surface area (Å²) in [4.78, 5) is 10.7. The Bertz CT molecular complexity index is 378. The molecule has 1 N–H and O–H groups in total. The van der Waals surface area contributed by atoms with E-state index >= 15 is 0 Å². The van der Waals surface area contributed by atoms with Gasteiger partial charge in [0.1, 0.15) is 12.4 Å². The van der Waals surface area contributed by atoms with Crippen LogP contribution in [-0.4, -0.2) is 30.9 Å². The molecule has 4 nitrogen and oxygen atoms in total. The van der Waals surface area contributed by atoms with Crippen molar-refractivity contribution < 1.29 is 19.4 Å². The van der Waals surface area contributed by atoms with Gasteiger partial charge in [0.25, 0.3) is 0 Å². The van der Waals surface area contributed by atoms with Gasteiger partial charge >= 0.3 is 5.97 Å². The Labute approximate surface area is 98.7 Å². The number of hydrogen-bond donors (Lipinski definition) is 1. The molecular weight excluding hydrogens is 232 g/mol. The highest BCUT2D eigenvalue weighted by atomic mass is 35.5. The molecule has 0 spiro atoms. The molecule has 1 unspecified atom stereocenters. The van der Waals surface area contributed by atoms with Crippen molar-refractivity contribution in [1.82, 2.24) is 0 Å². The number of hydrogen-bond acceptors (Lipinski definition) is 3. The third-order valence-electron chi connectivity index (χ3n) is 2.05. The zero-order valence-corrected chi connectivity index (χ0v) is 9.82. The lowest BCUT2D eigenvalue weighted by Crippen LogP contribution is -2.16. The quantitative estimate of drug-likeness (QED) is 0.864. The molecule has 0 fully saturated rings. The Balaban J connectivity index is 2.72. The number of halogens is 1. The van der Waals surface area contributed by atoms with Gasteiger partial charge in [-0.1, -0.05) is 11.6 Å². The second-order valence-electron chi connectivity index (χ2n) is 3.31. The zero-order valence-electron chi connectivity index (χ0n) is 9.07. The molecule has 1 atom stereocenters. The number of benzene rings is 1. The lowest BCUT2D eigenvalue weighted by atomic mass is 10.2. The van der Waals surface area contributed by atoms with E-state index in [1.165, 1.54) is 18.2 Å². The molecule has 0 aliphatic rings. The SMILES string of the molecule is COC(C)COc1ccc(C(=O)O)cc1Cl. The third kappa shape index (κ3) is 3.40. The Morgan fingerprint density at radius 3 is 2.75 bits per heavy atom. The smallest absolute Gasteiger partial charge is 0.335 e. The van der Waals surface area contributed by atoms with Crippen molar-refractivity contribution in [3.8, 4) is 5.75 Å². The number of aromatic carboxylic acids is 1. The lowest BCUT2D eigenvalue weighted by molar-refractivity contribution is 0.0693. The van der Waals surface area contributed by atoms with E-state index in [9.17, 15) is 4.79 Å². The highest BCUT2D eigenvalue weighted by Crippen LogP contribution is 2.25. The molecular formula is C11H13ClO4. The van der Waals surface area contributed by atoms with E-state index in [4.69, 9.17) is 26.2 Å². The van der Waals surface area contributed by atoms with E-state index in [0.29, 0.717) is 12.4 Å². The molecule has 0 saturated heterocycles. The maximum atomic E-state index is 10.7. The molecule has 1 aromatic carbocycles. The van der Waals surface area contributed by atoms with Crippen LogP contribution in [0.5, 0.6) is 5.75 Å². The van der Waals surface area contributed by atoms with Crippen LogP contribution in [0.25, 0.3) is 0 Å². The van der Waals surface area contributed by atoms with Crippen molar-refractivity contribution in [2.45, 2.75) is 13.0 Å². The van der Waals surface area contributed by atoms with Crippen molar-refractivity contribution in [3.05, 3.63) is 28.8 Å². The van der Waals surface area contributed by atoms with E-state index in [2.05, 4.69) is 0 Å². The Hall–Kier alpha value is -1.26. The minimum absolute atomic E-state index is 0.0461. The van der Waals surface area contributed by atoms with Crippen LogP contribution in [-0.2, 0) is 4.74 Å². The van der Waals surface area contributed by atoms with E-state index in [-0.39, 0.29) is 16.7 Å². The van der Waals surface area contributed by atoms with E-state index < -0.39 is 5.97 Å². The predicted octanol–water partition coefficient (Wildman–Crippen LogP) is 2.45. The lowest BCUT2D eigenvalue weighted by Gasteiger charge is -2.12. The zero-order chi connectivity index (χ0) is 12.1. The fourth-order valence-corrected chi connectivity index (χ4v) is 1.26. The summed E-state index contributed by atoms with van der Waals surface area (Å²) in [5, 5.41) is 9.02. The summed E-state index contributed by atoms with van der Waals surface area (Å²) < 4.78 is 10.4. The standard InChI is InChI=1S/C11H13ClO4/c1-7(15-2)6-16-10-4-3-8(11(13)14)5-9(10)12/h3-5,7H,6H2,1-2H3,(H,13,14). The summed E-state index contributed by atoms with van der Waals surface area (Å²) in [6.45, 7) is 2.22. The fourth-order valence-electron chi connectivity index (χ4n) is 1.03. The number of ether oxygens (including phenoxy) is 2. The van der Waals surface area contributed by atoms with E-state index in [1.807, 2.05) is 6.92 Å². The van der Waals surface area contributed by atoms with Gasteiger partial charge in [-0.15, -0.1) is 0 Å². The van der Waals surface area contributed by atoms with Gasteiger partial charge in [0.05, 0.1) is 16.7 Å². The summed E-state index contributed by atoms with van der Waals surface area (Å²) in [7, 11) is 1.59. The van der Waals surface area contributed by atoms with Crippen molar-refractivity contribution >= 4 is 17.6 Å². The molecule has 0 amide bonds. The molecule has 0 saturated carbocycles. The van der Waals surface area contributed by atoms with Gasteiger partial charge in [-0.3, -0.25) is 0 Å². The van der Waals surface area contributed by atoms with Crippen molar-refractivity contribution in [2.24, 2.45) is 0 Å². The highest BCUT2D eigenvalue weighted by molar-refractivity contribution is 6.32. The van der Waals surface area contributed by atoms with Crippen LogP contribution < -0.4 is 4.74 Å². The third-order valence-corrected chi connectivity index (χ3v) is 2.35. The van der Waals surface area contributed by atoms with Crippen LogP contribution in [0, 0.1) is 0 Å². The van der Waals surface area contributed by atoms with Gasteiger partial charge in [-0.25, -0.2) is 4.79 Å². The average Bonchev–Trinajstić information content (AvgIpc) is 2.26. The molecule has 0 aliphatic heterocycles. The predicted molar refractivity (Wildman–Crippen MR) is 60.4 cm³/mol. The Morgan fingerprint density at radius 2 is 2.25 bits per heavy atom. The summed E-state index contributed by atoms with van der Waals surface area (Å²) >= 11 is 5.87. The summed E-state index contributed by atoms with van der Waals surface area (Å²) in [6, 6.07) is 4.34. The minimum atomic E-state index is -1.02. The van der Waals surface area contributed by atoms with Gasteiger partial charge in [-0.2, -0.15) is 0 Å². The second-order valence-corrected chi connectivity index (χ2v) is 3.71. The molecule has 1 aromatic rings. The summed E-state index contributed by atoms with van der Waals surface area (Å²) in [5.74, 6) is -0.561. The topological polar surface area (TPSA) is 55.8 Å². The summed E-state index contributed by atoms with van der Waals surface area (Å²) in [5.41, 5.74) is 0.136. The summed E-state index contributed by atoms with van der Waals surface area (Å²) in [6.07, 6.45) is -0.0461. The Kier molecular flexibility index (Phi) is 4.58. The highest BCUT2D eigenvalue weighted by Gasteiger charge is 2.09. The largest absolute Gasteiger partial charge is 0.489 e. The molecule has 88 valence electrons. The molecule has 16 heavy (non-hydrogen) atoms. The first kappa shape index (κ1) is 12.8. The van der Waals surface area contributed by atoms with Gasteiger partial charge in [0, 0.05) is 7.11 Å². The molecule has 0 bridgehead atoms. The minimum Gasteiger partial charge on any atom is -0.489 e. The first-order valence-electron chi connectivity index (χ1n) is 4.73. The molecule has 5 heteroatoms. The second kappa shape index (κ2) is 5.72. The number of methoxy groups -OCH3 is 1. The molecule has 0 aliphatic carbocycles. The van der Waals surface area contributed by atoms with Gasteiger partial charge < -0.3 is 14.6 Å². The number of rotatable bonds is 5. The molecule has 0 radical (unpaired) electrons. The monoisotopic (exact) mass is 244 g/mol. The van der Waals surface area contributed by atoms with Gasteiger partial charge in [-0.05, 0) is 25.1 Å². The number of carboxylic acids is 1. The van der Waals surface area contributed by atoms with Crippen LogP contribution in [0.3, 0.4) is 0 Å². The van der Waals surface area contributed by atoms with Crippen molar-refractivity contribution in [2.75, 3.05) is 13.7 Å². The van der Waals surface area contributed by atoms with Crippen LogP contribution in [0.4, 0.5) is 0 Å². The maximum Gasteiger partial charge on any atom is 0.335 e. The average molecular weight is 245 g/mol. The Morgan fingerprint density at radius 1 is 1.56 bits per heavy atom. The van der Waals surface area contributed by atoms with Crippen LogP contribution in [0.2, 0.25) is 5.02 Å². The fraction of sp³-hybridized carbons (Fsp3) is 0.364. The first-order chi connectivity index (χ1) is 7.54. The van der Waals surface area contributed by atoms with Crippen LogP contribution in [0.1, 0.15) is 17.3 Å². The molecule has 0 heterocycles. The van der Waals surface area contributed by atoms with E-state index in [0.717, 1.165) is 0 Å². The van der Waals surface area contributed by atoms with Crippen molar-refractivity contribution in [1.29, 1.82) is 0 Å². The van der Waals surface area contributed by atoms with Gasteiger partial charge in [0.15, 0.2) is 0 Å². The van der Waals surface area contributed by atoms with E-state index in [1.54, 1.807) is 7.11 Å². The van der Waals surface area contributed by atoms with Crippen LogP contribution >= 0.6 is 11.6 Å². The normalized spacial score (nSPS) is 12.2. The first-order valence-corrected chi connectivity index (χ1v) is 5.11. The molecule has 0 aromatic heterocycles. The number of carbonyl (C=O) groups is 1.